The van der Waals surface area contributed by atoms with Gasteiger partial charge in [-0.1, -0.05) is 67.4 Å². The highest BCUT2D eigenvalue weighted by molar-refractivity contribution is 6.68. The quantitative estimate of drug-likeness (QED) is 0.430. The van der Waals surface area contributed by atoms with Gasteiger partial charge in [0.1, 0.15) is 0 Å². The summed E-state index contributed by atoms with van der Waals surface area (Å²) in [7, 11) is 0. The lowest BCUT2D eigenvalue weighted by Gasteiger charge is -2.19. The van der Waals surface area contributed by atoms with Crippen molar-refractivity contribution in [2.75, 3.05) is 0 Å². The molecule has 0 fully saturated rings. The van der Waals surface area contributed by atoms with E-state index in [1.54, 1.807) is 0 Å². The first-order valence-electron chi connectivity index (χ1n) is 5.42. The number of unbranched alkanes of at least 4 members (excludes halogenated alkanes) is 4. The van der Waals surface area contributed by atoms with Gasteiger partial charge < -0.3 is 10.4 Å². The number of aliphatic hydroxyl groups excluding tert-OH is 1. The molecule has 0 aliphatic carbocycles. The fraction of sp³-hybridized carbons (Fsp3) is 0.900. The van der Waals surface area contributed by atoms with Gasteiger partial charge in [-0.15, -0.1) is 0 Å². The van der Waals surface area contributed by atoms with Gasteiger partial charge in [0.05, 0.1) is 0 Å². The minimum Gasteiger partial charge on any atom is -0.369 e. The van der Waals surface area contributed by atoms with Crippen LogP contribution in [0.15, 0.2) is 0 Å². The molecule has 2 N–H and O–H groups in total. The van der Waals surface area contributed by atoms with Crippen LogP contribution in [0.2, 0.25) is 0 Å². The Bertz CT molecular complexity index is 207. The van der Waals surface area contributed by atoms with Crippen molar-refractivity contribution in [3.8, 4) is 0 Å². The minimum atomic E-state index is -1.88. The Morgan fingerprint density at radius 2 is 1.81 bits per heavy atom. The average molecular weight is 291 g/mol. The standard InChI is InChI=1S/C10H18Cl3NO2/c1-2-3-4-5-6-7-8(15)14-9(16)10(11,12)13/h9,16H,2-7H2,1H3,(H,14,15). The van der Waals surface area contributed by atoms with Crippen molar-refractivity contribution in [3.05, 3.63) is 0 Å². The van der Waals surface area contributed by atoms with E-state index in [0.29, 0.717) is 6.42 Å². The molecule has 0 aliphatic heterocycles. The van der Waals surface area contributed by atoms with Crippen LogP contribution in [0.4, 0.5) is 0 Å². The van der Waals surface area contributed by atoms with Gasteiger partial charge in [-0.25, -0.2) is 0 Å². The van der Waals surface area contributed by atoms with E-state index in [1.807, 2.05) is 0 Å². The van der Waals surface area contributed by atoms with Crippen molar-refractivity contribution in [2.24, 2.45) is 0 Å². The number of alkyl halides is 3. The molecule has 3 nitrogen and oxygen atoms in total. The molecule has 1 amide bonds. The summed E-state index contributed by atoms with van der Waals surface area (Å²) in [5.74, 6) is -0.296. The fourth-order valence-corrected chi connectivity index (χ4v) is 1.36. The van der Waals surface area contributed by atoms with Gasteiger partial charge in [-0.2, -0.15) is 0 Å². The Labute approximate surface area is 111 Å². The number of carbonyl (C=O) groups is 1. The van der Waals surface area contributed by atoms with Crippen molar-refractivity contribution in [3.63, 3.8) is 0 Å². The fourth-order valence-electron chi connectivity index (χ4n) is 1.20. The van der Waals surface area contributed by atoms with Crippen molar-refractivity contribution < 1.29 is 9.90 Å². The highest BCUT2D eigenvalue weighted by Crippen LogP contribution is 2.28. The predicted molar refractivity (Wildman–Crippen MR) is 67.8 cm³/mol. The summed E-state index contributed by atoms with van der Waals surface area (Å²) in [6, 6.07) is 0. The second-order valence-corrected chi connectivity index (χ2v) is 6.04. The van der Waals surface area contributed by atoms with Gasteiger partial charge in [0, 0.05) is 6.42 Å². The average Bonchev–Trinajstić information content (AvgIpc) is 2.16. The van der Waals surface area contributed by atoms with E-state index >= 15 is 0 Å². The number of nitrogens with one attached hydrogen (secondary N) is 1. The molecule has 0 radical (unpaired) electrons. The van der Waals surface area contributed by atoms with E-state index in [2.05, 4.69) is 12.2 Å². The van der Waals surface area contributed by atoms with Crippen molar-refractivity contribution >= 4 is 40.7 Å². The van der Waals surface area contributed by atoms with Gasteiger partial charge in [0.15, 0.2) is 6.23 Å². The second-order valence-electron chi connectivity index (χ2n) is 3.68. The van der Waals surface area contributed by atoms with Gasteiger partial charge >= 0.3 is 0 Å². The first-order valence-corrected chi connectivity index (χ1v) is 6.55. The molecule has 0 heterocycles. The van der Waals surface area contributed by atoms with Crippen LogP contribution < -0.4 is 5.32 Å². The maximum atomic E-state index is 11.3. The van der Waals surface area contributed by atoms with Crippen molar-refractivity contribution in [2.45, 2.75) is 55.5 Å². The Morgan fingerprint density at radius 1 is 1.25 bits per heavy atom. The first-order chi connectivity index (χ1) is 7.38. The van der Waals surface area contributed by atoms with Crippen LogP contribution in [0.5, 0.6) is 0 Å². The van der Waals surface area contributed by atoms with Crippen LogP contribution in [0.3, 0.4) is 0 Å². The Morgan fingerprint density at radius 3 is 2.31 bits per heavy atom. The molecular weight excluding hydrogens is 272 g/mol. The SMILES string of the molecule is CCCCCCCC(=O)NC(O)C(Cl)(Cl)Cl. The summed E-state index contributed by atoms with van der Waals surface area (Å²) >= 11 is 16.2. The van der Waals surface area contributed by atoms with Gasteiger partial charge in [-0.05, 0) is 6.42 Å². The molecule has 96 valence electrons. The molecular formula is C10H18Cl3NO2. The van der Waals surface area contributed by atoms with E-state index in [1.165, 1.54) is 6.42 Å². The highest BCUT2D eigenvalue weighted by Gasteiger charge is 2.31. The number of halogens is 3. The lowest BCUT2D eigenvalue weighted by atomic mass is 10.1. The van der Waals surface area contributed by atoms with Gasteiger partial charge in [-0.3, -0.25) is 4.79 Å². The molecule has 0 rings (SSSR count). The Hall–Kier alpha value is 0.300. The van der Waals surface area contributed by atoms with Crippen LogP contribution in [-0.2, 0) is 4.79 Å². The lowest BCUT2D eigenvalue weighted by molar-refractivity contribution is -0.124. The van der Waals surface area contributed by atoms with Crippen molar-refractivity contribution in [1.29, 1.82) is 0 Å². The molecule has 0 aliphatic rings. The molecule has 1 unspecified atom stereocenters. The third-order valence-corrected chi connectivity index (χ3v) is 2.74. The zero-order chi connectivity index (χ0) is 12.6. The topological polar surface area (TPSA) is 49.3 Å². The third kappa shape index (κ3) is 8.45. The predicted octanol–water partition coefficient (Wildman–Crippen LogP) is 3.15. The molecule has 1 atom stereocenters. The lowest BCUT2D eigenvalue weighted by Crippen LogP contribution is -2.43. The van der Waals surface area contributed by atoms with E-state index in [0.717, 1.165) is 25.7 Å². The Balaban J connectivity index is 3.59. The molecule has 0 bridgehead atoms. The summed E-state index contributed by atoms with van der Waals surface area (Å²) in [4.78, 5) is 11.3. The first kappa shape index (κ1) is 16.3. The normalized spacial score (nSPS) is 13.6. The number of amides is 1. The molecule has 0 aromatic carbocycles. The monoisotopic (exact) mass is 289 g/mol. The highest BCUT2D eigenvalue weighted by atomic mass is 35.6. The molecule has 0 aromatic heterocycles. The van der Waals surface area contributed by atoms with Crippen molar-refractivity contribution in [1.82, 2.24) is 5.32 Å². The van der Waals surface area contributed by atoms with Crippen LogP contribution in [0.25, 0.3) is 0 Å². The number of rotatable bonds is 7. The third-order valence-electron chi connectivity index (χ3n) is 2.12. The smallest absolute Gasteiger partial charge is 0.234 e. The minimum absolute atomic E-state index is 0.296. The van der Waals surface area contributed by atoms with E-state index < -0.39 is 10.0 Å². The zero-order valence-corrected chi connectivity index (χ0v) is 11.6. The number of hydrogen-bond acceptors (Lipinski definition) is 2. The maximum Gasteiger partial charge on any atom is 0.234 e. The van der Waals surface area contributed by atoms with Crippen LogP contribution in [-0.4, -0.2) is 21.0 Å². The summed E-state index contributed by atoms with van der Waals surface area (Å²) < 4.78 is -1.88. The summed E-state index contributed by atoms with van der Waals surface area (Å²) in [6.45, 7) is 2.13. The number of carbonyl (C=O) groups excluding carboxylic acids is 1. The zero-order valence-electron chi connectivity index (χ0n) is 9.31. The second kappa shape index (κ2) is 8.40. The van der Waals surface area contributed by atoms with Crippen LogP contribution in [0.1, 0.15) is 45.4 Å². The summed E-state index contributed by atoms with van der Waals surface area (Å²) in [5, 5.41) is 11.5. The molecule has 0 saturated carbocycles. The Kier molecular flexibility index (Phi) is 8.56. The van der Waals surface area contributed by atoms with Crippen LogP contribution >= 0.6 is 34.8 Å². The van der Waals surface area contributed by atoms with Gasteiger partial charge in [0.25, 0.3) is 0 Å². The summed E-state index contributed by atoms with van der Waals surface area (Å²) in [5.41, 5.74) is 0. The molecule has 6 heteroatoms. The maximum absolute atomic E-state index is 11.3. The molecule has 0 spiro atoms. The van der Waals surface area contributed by atoms with E-state index in [-0.39, 0.29) is 5.91 Å². The number of aliphatic hydroxyl groups is 1. The summed E-state index contributed by atoms with van der Waals surface area (Å²) in [6.07, 6.45) is 4.15. The number of hydrogen-bond donors (Lipinski definition) is 2. The molecule has 0 aromatic rings. The van der Waals surface area contributed by atoms with Crippen LogP contribution in [0, 0.1) is 0 Å². The van der Waals surface area contributed by atoms with Gasteiger partial charge in [0.2, 0.25) is 9.70 Å². The largest absolute Gasteiger partial charge is 0.369 e. The van der Waals surface area contributed by atoms with E-state index in [9.17, 15) is 9.90 Å². The van der Waals surface area contributed by atoms with E-state index in [4.69, 9.17) is 34.8 Å². The molecule has 0 saturated heterocycles. The molecule has 16 heavy (non-hydrogen) atoms.